The fraction of sp³-hybridized carbons (Fsp3) is 0.381. The van der Waals surface area contributed by atoms with Crippen LogP contribution in [0.3, 0.4) is 0 Å². The van der Waals surface area contributed by atoms with Crippen molar-refractivity contribution < 1.29 is 22.1 Å². The van der Waals surface area contributed by atoms with E-state index in [1.807, 2.05) is 0 Å². The van der Waals surface area contributed by atoms with E-state index >= 15 is 0 Å². The molecule has 0 N–H and O–H groups in total. The molecule has 0 fully saturated rings. The number of carbonyl (C=O) groups excluding carboxylic acids is 1. The predicted octanol–water partition coefficient (Wildman–Crippen LogP) is 3.72. The van der Waals surface area contributed by atoms with E-state index in [4.69, 9.17) is 8.92 Å². The lowest BCUT2D eigenvalue weighted by molar-refractivity contribution is 0.0735. The zero-order valence-corrected chi connectivity index (χ0v) is 17.5. The third kappa shape index (κ3) is 6.88. The molecule has 0 unspecified atom stereocenters. The van der Waals surface area contributed by atoms with Gasteiger partial charge in [0.15, 0.2) is 0 Å². The van der Waals surface area contributed by atoms with Gasteiger partial charge in [0.05, 0.1) is 13.4 Å². The maximum Gasteiger partial charge on any atom is 0.306 e. The average molecular weight is 406 g/mol. The van der Waals surface area contributed by atoms with Crippen LogP contribution in [0.25, 0.3) is 0 Å². The first-order chi connectivity index (χ1) is 13.2. The monoisotopic (exact) mass is 405 g/mol. The Labute approximate surface area is 167 Å². The summed E-state index contributed by atoms with van der Waals surface area (Å²) in [5.74, 6) is 1.37. The number of amides is 1. The standard InChI is InChI=1S/C21H27NO5S/c1-16(2)13-14-22(21(23)18-7-11-19(26-3)12-8-18)15-17-5-9-20(10-6-17)27-28(4,24)25/h5-12,16H,13-15H2,1-4H3. The number of nitrogens with zero attached hydrogens (tertiary/aromatic N) is 1. The number of ether oxygens (including phenoxy) is 1. The van der Waals surface area contributed by atoms with E-state index in [2.05, 4.69) is 13.8 Å². The van der Waals surface area contributed by atoms with E-state index in [0.29, 0.717) is 30.3 Å². The molecule has 0 heterocycles. The predicted molar refractivity (Wildman–Crippen MR) is 109 cm³/mol. The summed E-state index contributed by atoms with van der Waals surface area (Å²) in [7, 11) is -1.98. The molecule has 0 saturated carbocycles. The van der Waals surface area contributed by atoms with Crippen molar-refractivity contribution in [1.29, 1.82) is 0 Å². The van der Waals surface area contributed by atoms with Crippen LogP contribution in [0.5, 0.6) is 11.5 Å². The molecule has 0 radical (unpaired) electrons. The van der Waals surface area contributed by atoms with E-state index in [1.165, 1.54) is 0 Å². The van der Waals surface area contributed by atoms with Crippen LogP contribution in [0.4, 0.5) is 0 Å². The fourth-order valence-electron chi connectivity index (χ4n) is 2.63. The Bertz CT molecular complexity index is 874. The van der Waals surface area contributed by atoms with Crippen molar-refractivity contribution >= 4 is 16.0 Å². The average Bonchev–Trinajstić information content (AvgIpc) is 2.64. The zero-order valence-electron chi connectivity index (χ0n) is 16.7. The largest absolute Gasteiger partial charge is 0.497 e. The van der Waals surface area contributed by atoms with Gasteiger partial charge in [0.1, 0.15) is 11.5 Å². The smallest absolute Gasteiger partial charge is 0.306 e. The van der Waals surface area contributed by atoms with Gasteiger partial charge in [-0.05, 0) is 54.3 Å². The third-order valence-corrected chi connectivity index (χ3v) is 4.64. The second-order valence-electron chi connectivity index (χ2n) is 7.07. The SMILES string of the molecule is COc1ccc(C(=O)N(CCC(C)C)Cc2ccc(OS(C)(=O)=O)cc2)cc1. The van der Waals surface area contributed by atoms with Crippen molar-refractivity contribution in [2.45, 2.75) is 26.8 Å². The third-order valence-electron chi connectivity index (χ3n) is 4.14. The first-order valence-electron chi connectivity index (χ1n) is 9.09. The molecule has 6 nitrogen and oxygen atoms in total. The Kier molecular flexibility index (Phi) is 7.45. The Morgan fingerprint density at radius 2 is 1.57 bits per heavy atom. The first kappa shape index (κ1) is 21.8. The molecule has 2 aromatic rings. The van der Waals surface area contributed by atoms with Crippen molar-refractivity contribution in [3.63, 3.8) is 0 Å². The number of hydrogen-bond donors (Lipinski definition) is 0. The highest BCUT2D eigenvalue weighted by atomic mass is 32.2. The molecule has 2 aromatic carbocycles. The lowest BCUT2D eigenvalue weighted by Gasteiger charge is -2.24. The Morgan fingerprint density at radius 3 is 2.07 bits per heavy atom. The van der Waals surface area contributed by atoms with Gasteiger partial charge in [-0.1, -0.05) is 26.0 Å². The van der Waals surface area contributed by atoms with Gasteiger partial charge < -0.3 is 13.8 Å². The van der Waals surface area contributed by atoms with E-state index < -0.39 is 10.1 Å². The van der Waals surface area contributed by atoms with Crippen molar-refractivity contribution in [3.8, 4) is 11.5 Å². The number of methoxy groups -OCH3 is 1. The number of rotatable bonds is 9. The van der Waals surface area contributed by atoms with Gasteiger partial charge in [-0.2, -0.15) is 8.42 Å². The second-order valence-corrected chi connectivity index (χ2v) is 8.64. The van der Waals surface area contributed by atoms with Crippen molar-refractivity contribution in [3.05, 3.63) is 59.7 Å². The molecule has 2 rings (SSSR count). The Morgan fingerprint density at radius 1 is 1.00 bits per heavy atom. The van der Waals surface area contributed by atoms with Crippen molar-refractivity contribution in [2.75, 3.05) is 19.9 Å². The molecule has 28 heavy (non-hydrogen) atoms. The molecule has 7 heteroatoms. The maximum atomic E-state index is 13.0. The molecular weight excluding hydrogens is 378 g/mol. The second kappa shape index (κ2) is 9.59. The molecule has 0 bridgehead atoms. The van der Waals surface area contributed by atoms with Crippen molar-refractivity contribution in [1.82, 2.24) is 4.90 Å². The van der Waals surface area contributed by atoms with E-state index in [-0.39, 0.29) is 11.7 Å². The van der Waals surface area contributed by atoms with Gasteiger partial charge in [0.25, 0.3) is 5.91 Å². The highest BCUT2D eigenvalue weighted by Crippen LogP contribution is 2.18. The molecule has 0 saturated heterocycles. The molecular formula is C21H27NO5S. The molecule has 0 aliphatic heterocycles. The molecule has 0 spiro atoms. The van der Waals surface area contributed by atoms with Gasteiger partial charge in [0.2, 0.25) is 0 Å². The Hall–Kier alpha value is -2.54. The van der Waals surface area contributed by atoms with Crippen LogP contribution in [-0.4, -0.2) is 39.1 Å². The van der Waals surface area contributed by atoms with Gasteiger partial charge in [-0.15, -0.1) is 0 Å². The highest BCUT2D eigenvalue weighted by Gasteiger charge is 2.17. The Balaban J connectivity index is 2.16. The summed E-state index contributed by atoms with van der Waals surface area (Å²) < 4.78 is 32.4. The maximum absolute atomic E-state index is 13.0. The topological polar surface area (TPSA) is 72.9 Å². The summed E-state index contributed by atoms with van der Waals surface area (Å²) >= 11 is 0. The summed E-state index contributed by atoms with van der Waals surface area (Å²) in [5, 5.41) is 0. The molecule has 0 aliphatic rings. The quantitative estimate of drug-likeness (QED) is 0.595. The minimum atomic E-state index is -3.56. The van der Waals surface area contributed by atoms with E-state index in [9.17, 15) is 13.2 Å². The van der Waals surface area contributed by atoms with Crippen LogP contribution < -0.4 is 8.92 Å². The molecule has 0 aliphatic carbocycles. The van der Waals surface area contributed by atoms with Gasteiger partial charge in [0, 0.05) is 18.7 Å². The summed E-state index contributed by atoms with van der Waals surface area (Å²) in [5.41, 5.74) is 1.49. The normalized spacial score (nSPS) is 11.3. The minimum absolute atomic E-state index is 0.0558. The molecule has 0 aromatic heterocycles. The number of benzene rings is 2. The van der Waals surface area contributed by atoms with Gasteiger partial charge in [-0.3, -0.25) is 4.79 Å². The van der Waals surface area contributed by atoms with Crippen LogP contribution in [0.2, 0.25) is 0 Å². The summed E-state index contributed by atoms with van der Waals surface area (Å²) in [4.78, 5) is 14.8. The van der Waals surface area contributed by atoms with Gasteiger partial charge >= 0.3 is 10.1 Å². The summed E-state index contributed by atoms with van der Waals surface area (Å²) in [6.07, 6.45) is 1.89. The van der Waals surface area contributed by atoms with E-state index in [0.717, 1.165) is 18.2 Å². The zero-order chi connectivity index (χ0) is 20.7. The molecule has 0 atom stereocenters. The molecule has 152 valence electrons. The molecule has 1 amide bonds. The highest BCUT2D eigenvalue weighted by molar-refractivity contribution is 7.86. The van der Waals surface area contributed by atoms with Gasteiger partial charge in [-0.25, -0.2) is 0 Å². The van der Waals surface area contributed by atoms with Crippen LogP contribution in [0.15, 0.2) is 48.5 Å². The summed E-state index contributed by atoms with van der Waals surface area (Å²) in [6.45, 7) is 5.29. The van der Waals surface area contributed by atoms with Crippen LogP contribution in [0.1, 0.15) is 36.2 Å². The van der Waals surface area contributed by atoms with Crippen LogP contribution in [0, 0.1) is 5.92 Å². The lowest BCUT2D eigenvalue weighted by Crippen LogP contribution is -2.32. The van der Waals surface area contributed by atoms with Crippen LogP contribution in [-0.2, 0) is 16.7 Å². The number of carbonyl (C=O) groups is 1. The fourth-order valence-corrected chi connectivity index (χ4v) is 3.09. The summed E-state index contributed by atoms with van der Waals surface area (Å²) in [6, 6.07) is 13.8. The first-order valence-corrected chi connectivity index (χ1v) is 10.9. The van der Waals surface area contributed by atoms with E-state index in [1.54, 1.807) is 60.5 Å². The van der Waals surface area contributed by atoms with Crippen LogP contribution >= 0.6 is 0 Å². The lowest BCUT2D eigenvalue weighted by atomic mass is 10.1. The minimum Gasteiger partial charge on any atom is -0.497 e. The number of hydrogen-bond acceptors (Lipinski definition) is 5. The van der Waals surface area contributed by atoms with Crippen molar-refractivity contribution in [2.24, 2.45) is 5.92 Å².